The first kappa shape index (κ1) is 21.0. The second-order valence-corrected chi connectivity index (χ2v) is 8.92. The fourth-order valence-electron chi connectivity index (χ4n) is 3.81. The van der Waals surface area contributed by atoms with Gasteiger partial charge in [-0.25, -0.2) is 4.39 Å². The minimum Gasteiger partial charge on any atom is -0.460 e. The predicted molar refractivity (Wildman–Crippen MR) is 116 cm³/mol. The van der Waals surface area contributed by atoms with Gasteiger partial charge < -0.3 is 19.8 Å². The Hall–Kier alpha value is -2.91. The molecular formula is C23H23FN4O3S. The van der Waals surface area contributed by atoms with Gasteiger partial charge in [0.15, 0.2) is 5.16 Å². The van der Waals surface area contributed by atoms with Crippen LogP contribution >= 0.6 is 11.8 Å². The maximum atomic E-state index is 14.3. The zero-order valence-electron chi connectivity index (χ0n) is 17.4. The maximum Gasteiger partial charge on any atom is 0.227 e. The summed E-state index contributed by atoms with van der Waals surface area (Å²) in [4.78, 5) is 11.2. The van der Waals surface area contributed by atoms with Crippen LogP contribution in [-0.2, 0) is 28.3 Å². The quantitative estimate of drug-likeness (QED) is 0.516. The topological polar surface area (TPSA) is 92.3 Å². The van der Waals surface area contributed by atoms with Crippen LogP contribution in [0.25, 0.3) is 0 Å². The van der Waals surface area contributed by atoms with Crippen LogP contribution in [0.5, 0.6) is 5.75 Å². The Morgan fingerprint density at radius 2 is 2.03 bits per heavy atom. The van der Waals surface area contributed by atoms with Crippen LogP contribution in [-0.4, -0.2) is 20.7 Å². The summed E-state index contributed by atoms with van der Waals surface area (Å²) in [6, 6.07) is 13.0. The number of hydrogen-bond donors (Lipinski definition) is 1. The Morgan fingerprint density at radius 3 is 2.78 bits per heavy atom. The van der Waals surface area contributed by atoms with E-state index in [1.165, 1.54) is 23.9 Å². The molecule has 1 aliphatic carbocycles. The van der Waals surface area contributed by atoms with Crippen molar-refractivity contribution < 1.29 is 18.7 Å². The highest BCUT2D eigenvalue weighted by molar-refractivity contribution is 7.98. The maximum absolute atomic E-state index is 14.3. The molecule has 0 bridgehead atoms. The highest BCUT2D eigenvalue weighted by atomic mass is 32.2. The molecule has 1 saturated carbocycles. The van der Waals surface area contributed by atoms with Crippen LogP contribution in [0.15, 0.2) is 47.6 Å². The normalized spacial score (nSPS) is 17.6. The third kappa shape index (κ3) is 4.49. The standard InChI is InChI=1S/C23H23FN4O3S/c24-17-10-15-12-30-22(14-4-2-1-3-5-14)31-21(15)16(11-17)13-32-23-27-26-20(9-8-19(25)29)28(23)18-6-7-18/h1-5,10-11,18,22H,6-9,12-13H2,(H2,25,29)/t22-/m1/s1. The molecule has 7 nitrogen and oxygen atoms in total. The third-order valence-corrected chi connectivity index (χ3v) is 6.49. The van der Waals surface area contributed by atoms with Crippen molar-refractivity contribution in [3.63, 3.8) is 0 Å². The van der Waals surface area contributed by atoms with Crippen molar-refractivity contribution in [1.29, 1.82) is 0 Å². The van der Waals surface area contributed by atoms with E-state index in [0.717, 1.165) is 34.9 Å². The lowest BCUT2D eigenvalue weighted by atomic mass is 10.1. The van der Waals surface area contributed by atoms with Gasteiger partial charge in [-0.05, 0) is 25.0 Å². The van der Waals surface area contributed by atoms with E-state index in [-0.39, 0.29) is 24.8 Å². The molecule has 9 heteroatoms. The molecule has 166 valence electrons. The molecule has 1 aromatic heterocycles. The molecule has 1 amide bonds. The molecule has 2 heterocycles. The van der Waals surface area contributed by atoms with Crippen molar-refractivity contribution in [3.8, 4) is 5.75 Å². The summed E-state index contributed by atoms with van der Waals surface area (Å²) in [7, 11) is 0. The van der Waals surface area contributed by atoms with Crippen LogP contribution in [0, 0.1) is 5.82 Å². The summed E-state index contributed by atoms with van der Waals surface area (Å²) in [6.07, 6.45) is 2.29. The third-order valence-electron chi connectivity index (χ3n) is 5.49. The molecule has 3 aromatic rings. The number of amides is 1. The van der Waals surface area contributed by atoms with Gasteiger partial charge in [-0.15, -0.1) is 10.2 Å². The lowest BCUT2D eigenvalue weighted by Gasteiger charge is -2.28. The van der Waals surface area contributed by atoms with Gasteiger partial charge in [0.2, 0.25) is 12.2 Å². The minimum absolute atomic E-state index is 0.238. The average Bonchev–Trinajstić information content (AvgIpc) is 3.56. The molecule has 5 rings (SSSR count). The number of aromatic nitrogens is 3. The highest BCUT2D eigenvalue weighted by Gasteiger charge is 2.30. The fourth-order valence-corrected chi connectivity index (χ4v) is 4.80. The number of carbonyl (C=O) groups excluding carboxylic acids is 1. The van der Waals surface area contributed by atoms with Crippen molar-refractivity contribution in [2.45, 2.75) is 55.5 Å². The smallest absolute Gasteiger partial charge is 0.227 e. The zero-order chi connectivity index (χ0) is 22.1. The van der Waals surface area contributed by atoms with Crippen molar-refractivity contribution >= 4 is 17.7 Å². The van der Waals surface area contributed by atoms with Crippen molar-refractivity contribution in [1.82, 2.24) is 14.8 Å². The predicted octanol–water partition coefficient (Wildman–Crippen LogP) is 4.07. The molecule has 0 spiro atoms. The van der Waals surface area contributed by atoms with Crippen molar-refractivity contribution in [3.05, 3.63) is 70.8 Å². The number of primary amides is 1. The molecule has 1 atom stereocenters. The number of carbonyl (C=O) groups is 1. The number of hydrogen-bond acceptors (Lipinski definition) is 6. The van der Waals surface area contributed by atoms with E-state index in [9.17, 15) is 9.18 Å². The van der Waals surface area contributed by atoms with E-state index in [1.54, 1.807) is 0 Å². The molecule has 2 aromatic carbocycles. The van der Waals surface area contributed by atoms with Gasteiger partial charge in [0.25, 0.3) is 0 Å². The summed E-state index contributed by atoms with van der Waals surface area (Å²) < 4.78 is 28.4. The van der Waals surface area contributed by atoms with E-state index in [1.807, 2.05) is 30.3 Å². The lowest BCUT2D eigenvalue weighted by Crippen LogP contribution is -2.19. The van der Waals surface area contributed by atoms with Gasteiger partial charge in [0, 0.05) is 41.3 Å². The van der Waals surface area contributed by atoms with Crippen LogP contribution in [0.2, 0.25) is 0 Å². The van der Waals surface area contributed by atoms with Gasteiger partial charge in [0.1, 0.15) is 17.4 Å². The second kappa shape index (κ2) is 8.91. The molecule has 2 N–H and O–H groups in total. The zero-order valence-corrected chi connectivity index (χ0v) is 18.2. The first-order chi connectivity index (χ1) is 15.6. The molecule has 0 radical (unpaired) electrons. The van der Waals surface area contributed by atoms with Gasteiger partial charge in [-0.1, -0.05) is 42.1 Å². The summed E-state index contributed by atoms with van der Waals surface area (Å²) in [5, 5.41) is 9.37. The van der Waals surface area contributed by atoms with Gasteiger partial charge in [-0.2, -0.15) is 0 Å². The number of halogens is 1. The van der Waals surface area contributed by atoms with Crippen molar-refractivity contribution in [2.24, 2.45) is 5.73 Å². The number of thioether (sulfide) groups is 1. The van der Waals surface area contributed by atoms with E-state index in [4.69, 9.17) is 15.2 Å². The summed E-state index contributed by atoms with van der Waals surface area (Å²) in [6.45, 7) is 0.278. The highest BCUT2D eigenvalue weighted by Crippen LogP contribution is 2.42. The van der Waals surface area contributed by atoms with Crippen LogP contribution in [0.3, 0.4) is 0 Å². The second-order valence-electron chi connectivity index (χ2n) is 7.98. The summed E-state index contributed by atoms with van der Waals surface area (Å²) in [5.41, 5.74) is 7.65. The minimum atomic E-state index is -0.534. The molecule has 1 aliphatic heterocycles. The van der Waals surface area contributed by atoms with Crippen LogP contribution in [0.1, 0.15) is 54.1 Å². The van der Waals surface area contributed by atoms with Crippen LogP contribution < -0.4 is 10.5 Å². The molecule has 0 unspecified atom stereocenters. The average molecular weight is 455 g/mol. The van der Waals surface area contributed by atoms with Crippen molar-refractivity contribution in [2.75, 3.05) is 0 Å². The summed E-state index contributed by atoms with van der Waals surface area (Å²) >= 11 is 1.49. The number of ether oxygens (including phenoxy) is 2. The SMILES string of the molecule is NC(=O)CCc1nnc(SCc2cc(F)cc3c2O[C@H](c2ccccc2)OC3)n1C1CC1. The number of benzene rings is 2. The number of nitrogens with zero attached hydrogens (tertiary/aromatic N) is 3. The molecule has 32 heavy (non-hydrogen) atoms. The largest absolute Gasteiger partial charge is 0.460 e. The first-order valence-electron chi connectivity index (χ1n) is 10.6. The molecule has 1 fully saturated rings. The van der Waals surface area contributed by atoms with Gasteiger partial charge >= 0.3 is 0 Å². The first-order valence-corrected chi connectivity index (χ1v) is 11.6. The lowest BCUT2D eigenvalue weighted by molar-refractivity contribution is -0.118. The Morgan fingerprint density at radius 1 is 1.22 bits per heavy atom. The Labute approximate surface area is 189 Å². The number of fused-ring (bicyclic) bond motifs is 1. The van der Waals surface area contributed by atoms with E-state index in [0.29, 0.717) is 29.5 Å². The molecule has 0 saturated heterocycles. The Kier molecular flexibility index (Phi) is 5.84. The summed E-state index contributed by atoms with van der Waals surface area (Å²) in [5.74, 6) is 1.22. The number of rotatable bonds is 8. The molecular weight excluding hydrogens is 431 g/mol. The van der Waals surface area contributed by atoms with Gasteiger partial charge in [-0.3, -0.25) is 4.79 Å². The fraction of sp³-hybridized carbons (Fsp3) is 0.348. The van der Waals surface area contributed by atoms with Crippen LogP contribution in [0.4, 0.5) is 4.39 Å². The number of aryl methyl sites for hydroxylation is 1. The molecule has 2 aliphatic rings. The monoisotopic (exact) mass is 454 g/mol. The number of nitrogens with two attached hydrogens (primary N) is 1. The Bertz CT molecular complexity index is 1130. The van der Waals surface area contributed by atoms with E-state index >= 15 is 0 Å². The van der Waals surface area contributed by atoms with E-state index < -0.39 is 6.29 Å². The van der Waals surface area contributed by atoms with E-state index in [2.05, 4.69) is 14.8 Å². The van der Waals surface area contributed by atoms with Gasteiger partial charge in [0.05, 0.1) is 6.61 Å². The Balaban J connectivity index is 1.37.